The molecule has 0 atom stereocenters. The maximum absolute atomic E-state index is 4.59. The minimum atomic E-state index is 0. The first-order valence-corrected chi connectivity index (χ1v) is 8.80. The van der Waals surface area contributed by atoms with E-state index in [0.717, 1.165) is 40.8 Å². The smallest absolute Gasteiger partial charge is 0.0163 e. The fraction of sp³-hybridized carbons (Fsp3) is 0.476. The molecule has 4 aliphatic rings. The van der Waals surface area contributed by atoms with Crippen LogP contribution in [0.15, 0.2) is 42.6 Å². The first kappa shape index (κ1) is 15.5. The zero-order valence-electron chi connectivity index (χ0n) is 13.2. The standard InChI is InChI=1S/C21H22N.Ir/c1-2-4-16(5-3-1)20-13-17(6-7-22-20)21-18-9-14-8-15(11-18)12-19(21)10-14;/h1-4,6-7,13-15,18-19,21H,8-12H2;/q-1;. The number of rotatable bonds is 2. The molecular formula is C21H22IrN-. The monoisotopic (exact) mass is 481 g/mol. The van der Waals surface area contributed by atoms with Gasteiger partial charge in [0.15, 0.2) is 0 Å². The number of hydrogen-bond acceptors (Lipinski definition) is 1. The van der Waals surface area contributed by atoms with Gasteiger partial charge in [-0.2, -0.15) is 0 Å². The van der Waals surface area contributed by atoms with Crippen molar-refractivity contribution in [3.8, 4) is 11.3 Å². The molecule has 0 N–H and O–H groups in total. The van der Waals surface area contributed by atoms with Crippen molar-refractivity contribution in [2.75, 3.05) is 0 Å². The van der Waals surface area contributed by atoms with E-state index in [9.17, 15) is 0 Å². The molecule has 6 rings (SSSR count). The molecule has 0 saturated heterocycles. The summed E-state index contributed by atoms with van der Waals surface area (Å²) in [6.45, 7) is 0. The Bertz CT molecular complexity index is 653. The van der Waals surface area contributed by atoms with E-state index < -0.39 is 0 Å². The van der Waals surface area contributed by atoms with Crippen LogP contribution in [-0.2, 0) is 20.1 Å². The predicted octanol–water partition coefficient (Wildman–Crippen LogP) is 5.09. The molecule has 4 saturated carbocycles. The van der Waals surface area contributed by atoms with Crippen molar-refractivity contribution in [2.45, 2.75) is 38.0 Å². The molecule has 0 spiro atoms. The van der Waals surface area contributed by atoms with Gasteiger partial charge in [-0.25, -0.2) is 0 Å². The van der Waals surface area contributed by atoms with E-state index in [-0.39, 0.29) is 20.1 Å². The summed E-state index contributed by atoms with van der Waals surface area (Å²) in [7, 11) is 0. The number of benzene rings is 1. The Labute approximate surface area is 152 Å². The van der Waals surface area contributed by atoms with Gasteiger partial charge in [0, 0.05) is 26.3 Å². The van der Waals surface area contributed by atoms with Crippen LogP contribution in [0, 0.1) is 29.7 Å². The summed E-state index contributed by atoms with van der Waals surface area (Å²) in [6.07, 6.45) is 9.45. The van der Waals surface area contributed by atoms with Gasteiger partial charge in [-0.15, -0.1) is 35.9 Å². The summed E-state index contributed by atoms with van der Waals surface area (Å²) in [5.74, 6) is 4.75. The molecule has 0 unspecified atom stereocenters. The summed E-state index contributed by atoms with van der Waals surface area (Å²) >= 11 is 0. The molecule has 1 nitrogen and oxygen atoms in total. The van der Waals surface area contributed by atoms with Gasteiger partial charge >= 0.3 is 0 Å². The molecule has 1 radical (unpaired) electrons. The van der Waals surface area contributed by atoms with Crippen molar-refractivity contribution in [2.24, 2.45) is 23.7 Å². The minimum absolute atomic E-state index is 0. The van der Waals surface area contributed by atoms with Crippen molar-refractivity contribution in [1.29, 1.82) is 0 Å². The third kappa shape index (κ3) is 2.70. The molecule has 4 aliphatic carbocycles. The number of nitrogens with zero attached hydrogens (tertiary/aromatic N) is 1. The molecule has 121 valence electrons. The van der Waals surface area contributed by atoms with Crippen molar-refractivity contribution in [3.63, 3.8) is 0 Å². The summed E-state index contributed by atoms with van der Waals surface area (Å²) < 4.78 is 0. The maximum atomic E-state index is 4.59. The van der Waals surface area contributed by atoms with Gasteiger partial charge < -0.3 is 4.98 Å². The van der Waals surface area contributed by atoms with E-state index >= 15 is 0 Å². The zero-order chi connectivity index (χ0) is 14.5. The summed E-state index contributed by atoms with van der Waals surface area (Å²) in [4.78, 5) is 4.59. The SMILES string of the molecule is [Ir].[c-]1ccccc1-c1cc(C2C3CC4CC(C3)CC2C4)ccn1. The van der Waals surface area contributed by atoms with Gasteiger partial charge in [0.1, 0.15) is 0 Å². The Balaban J connectivity index is 0.00000135. The molecule has 1 heterocycles. The van der Waals surface area contributed by atoms with E-state index in [1.165, 1.54) is 37.7 Å². The number of aromatic nitrogens is 1. The minimum Gasteiger partial charge on any atom is -0.305 e. The molecular weight excluding hydrogens is 458 g/mol. The van der Waals surface area contributed by atoms with Gasteiger partial charge in [-0.1, -0.05) is 6.07 Å². The summed E-state index contributed by atoms with van der Waals surface area (Å²) in [5, 5.41) is 0. The normalized spacial score (nSPS) is 34.2. The Morgan fingerprint density at radius 1 is 0.913 bits per heavy atom. The Kier molecular flexibility index (Phi) is 4.15. The van der Waals surface area contributed by atoms with Crippen molar-refractivity contribution in [3.05, 3.63) is 54.2 Å². The molecule has 0 amide bonds. The van der Waals surface area contributed by atoms with Crippen LogP contribution < -0.4 is 0 Å². The molecule has 23 heavy (non-hydrogen) atoms. The largest absolute Gasteiger partial charge is 0.305 e. The van der Waals surface area contributed by atoms with Crippen LogP contribution in [0.1, 0.15) is 43.6 Å². The van der Waals surface area contributed by atoms with E-state index in [0.29, 0.717) is 0 Å². The van der Waals surface area contributed by atoms with Gasteiger partial charge in [0.25, 0.3) is 0 Å². The quantitative estimate of drug-likeness (QED) is 0.546. The molecule has 2 heteroatoms. The van der Waals surface area contributed by atoms with Crippen LogP contribution in [0.4, 0.5) is 0 Å². The third-order valence-corrected chi connectivity index (χ3v) is 6.38. The first-order valence-electron chi connectivity index (χ1n) is 8.80. The Morgan fingerprint density at radius 3 is 2.30 bits per heavy atom. The fourth-order valence-electron chi connectivity index (χ4n) is 5.82. The molecule has 4 bridgehead atoms. The second kappa shape index (κ2) is 6.15. The van der Waals surface area contributed by atoms with Gasteiger partial charge in [-0.05, 0) is 79.0 Å². The third-order valence-electron chi connectivity index (χ3n) is 6.38. The molecule has 2 aromatic rings. The average Bonchev–Trinajstić information content (AvgIpc) is 2.55. The van der Waals surface area contributed by atoms with Gasteiger partial charge in [0.05, 0.1) is 0 Å². The van der Waals surface area contributed by atoms with Crippen LogP contribution in [0.25, 0.3) is 11.3 Å². The van der Waals surface area contributed by atoms with Gasteiger partial charge in [0.2, 0.25) is 0 Å². The van der Waals surface area contributed by atoms with Crippen molar-refractivity contribution < 1.29 is 20.1 Å². The predicted molar refractivity (Wildman–Crippen MR) is 88.3 cm³/mol. The number of pyridine rings is 1. The van der Waals surface area contributed by atoms with Crippen LogP contribution in [-0.4, -0.2) is 4.98 Å². The topological polar surface area (TPSA) is 12.9 Å². The summed E-state index contributed by atoms with van der Waals surface area (Å²) in [5.41, 5.74) is 3.75. The first-order chi connectivity index (χ1) is 10.9. The molecule has 0 aliphatic heterocycles. The molecule has 1 aromatic heterocycles. The second-order valence-corrected chi connectivity index (χ2v) is 7.71. The Morgan fingerprint density at radius 2 is 1.65 bits per heavy atom. The number of hydrogen-bond donors (Lipinski definition) is 0. The maximum Gasteiger partial charge on any atom is 0.0163 e. The second-order valence-electron chi connectivity index (χ2n) is 7.71. The van der Waals surface area contributed by atoms with Crippen LogP contribution in [0.2, 0.25) is 0 Å². The van der Waals surface area contributed by atoms with Crippen LogP contribution in [0.5, 0.6) is 0 Å². The molecule has 4 fully saturated rings. The molecule has 1 aromatic carbocycles. The fourth-order valence-corrected chi connectivity index (χ4v) is 5.82. The van der Waals surface area contributed by atoms with E-state index in [4.69, 9.17) is 0 Å². The van der Waals surface area contributed by atoms with E-state index in [2.05, 4.69) is 35.3 Å². The average molecular weight is 481 g/mol. The van der Waals surface area contributed by atoms with Gasteiger partial charge in [-0.3, -0.25) is 0 Å². The van der Waals surface area contributed by atoms with E-state index in [1.807, 2.05) is 18.3 Å². The van der Waals surface area contributed by atoms with Crippen LogP contribution in [0.3, 0.4) is 0 Å². The van der Waals surface area contributed by atoms with E-state index in [1.54, 1.807) is 0 Å². The zero-order valence-corrected chi connectivity index (χ0v) is 15.6. The Hall–Kier alpha value is -0.981. The van der Waals surface area contributed by atoms with Crippen molar-refractivity contribution in [1.82, 2.24) is 4.98 Å². The van der Waals surface area contributed by atoms with Crippen LogP contribution >= 0.6 is 0 Å². The van der Waals surface area contributed by atoms with Crippen molar-refractivity contribution >= 4 is 0 Å². The summed E-state index contributed by atoms with van der Waals surface area (Å²) in [6, 6.07) is 16.1.